The Morgan fingerprint density at radius 1 is 1.25 bits per heavy atom. The Hall–Kier alpha value is -1.95. The lowest BCUT2D eigenvalue weighted by Gasteiger charge is -2.26. The Morgan fingerprint density at radius 2 is 1.89 bits per heavy atom. The number of carbonyl (C=O) groups excluding carboxylic acids is 1. The smallest absolute Gasteiger partial charge is 0.411 e. The highest BCUT2D eigenvalue weighted by Gasteiger charge is 2.42. The van der Waals surface area contributed by atoms with Crippen molar-refractivity contribution in [2.75, 3.05) is 6.54 Å². The van der Waals surface area contributed by atoms with Crippen LogP contribution in [-0.4, -0.2) is 46.4 Å². The average molecular weight is 412 g/mol. The molecule has 2 unspecified atom stereocenters. The van der Waals surface area contributed by atoms with Crippen LogP contribution in [0.4, 0.5) is 4.79 Å². The number of halogens is 1. The molecule has 1 N–H and O–H groups in total. The van der Waals surface area contributed by atoms with Gasteiger partial charge in [-0.1, -0.05) is 38.4 Å². The average Bonchev–Trinajstić information content (AvgIpc) is 2.99. The topological polar surface area (TPSA) is 76.1 Å². The molecule has 7 heteroatoms. The first-order valence-corrected chi connectivity index (χ1v) is 9.91. The zero-order chi connectivity index (χ0) is 21.3. The second-order valence-corrected chi connectivity index (χ2v) is 9.25. The molecule has 1 aliphatic rings. The number of ether oxygens (including phenoxy) is 2. The molecule has 1 aliphatic heterocycles. The quantitative estimate of drug-likeness (QED) is 0.748. The van der Waals surface area contributed by atoms with Crippen molar-refractivity contribution in [3.63, 3.8) is 0 Å². The van der Waals surface area contributed by atoms with Crippen molar-refractivity contribution >= 4 is 23.7 Å². The van der Waals surface area contributed by atoms with E-state index in [1.165, 1.54) is 4.90 Å². The van der Waals surface area contributed by atoms with Gasteiger partial charge in [0.05, 0.1) is 11.6 Å². The Morgan fingerprint density at radius 3 is 2.39 bits per heavy atom. The number of likely N-dealkylation sites (tertiary alicyclic amines) is 1. The van der Waals surface area contributed by atoms with Crippen molar-refractivity contribution in [2.45, 2.75) is 77.5 Å². The van der Waals surface area contributed by atoms with E-state index in [2.05, 4.69) is 20.8 Å². The summed E-state index contributed by atoms with van der Waals surface area (Å²) in [6.45, 7) is 11.8. The molecular weight excluding hydrogens is 382 g/mol. The predicted molar refractivity (Wildman–Crippen MR) is 108 cm³/mol. The van der Waals surface area contributed by atoms with Gasteiger partial charge in [-0.25, -0.2) is 9.59 Å². The fourth-order valence-electron chi connectivity index (χ4n) is 3.04. The molecule has 156 valence electrons. The van der Waals surface area contributed by atoms with Gasteiger partial charge in [0.25, 0.3) is 0 Å². The number of rotatable bonds is 5. The minimum atomic E-state index is -1.08. The van der Waals surface area contributed by atoms with Crippen LogP contribution < -0.4 is 4.74 Å². The number of hydrogen-bond acceptors (Lipinski definition) is 4. The van der Waals surface area contributed by atoms with Gasteiger partial charge in [0, 0.05) is 6.42 Å². The van der Waals surface area contributed by atoms with Crippen LogP contribution in [0, 0.1) is 0 Å². The number of carboxylic acid groups (broad SMARTS) is 1. The van der Waals surface area contributed by atoms with Crippen molar-refractivity contribution < 1.29 is 24.2 Å². The molecule has 1 aromatic carbocycles. The van der Waals surface area contributed by atoms with Crippen molar-refractivity contribution in [2.24, 2.45) is 0 Å². The van der Waals surface area contributed by atoms with E-state index in [1.807, 2.05) is 12.1 Å². The first-order valence-electron chi connectivity index (χ1n) is 9.53. The van der Waals surface area contributed by atoms with Gasteiger partial charge in [-0.2, -0.15) is 0 Å². The van der Waals surface area contributed by atoms with Gasteiger partial charge in [-0.15, -0.1) is 0 Å². The molecule has 0 saturated carbocycles. The van der Waals surface area contributed by atoms with Crippen LogP contribution in [0.5, 0.6) is 5.75 Å². The maximum Gasteiger partial charge on any atom is 0.411 e. The van der Waals surface area contributed by atoms with Gasteiger partial charge >= 0.3 is 12.1 Å². The molecule has 1 fully saturated rings. The molecule has 28 heavy (non-hydrogen) atoms. The standard InChI is InChI=1S/C21H30ClNO5/c1-7-21(5,6)13-8-9-17(15(22)10-13)27-14-11-16(18(24)25)23(12-14)19(26)28-20(2,3)4/h8-10,14,16H,7,11-12H2,1-6H3,(H,24,25). The maximum absolute atomic E-state index is 12.4. The molecule has 1 heterocycles. The third kappa shape index (κ3) is 5.31. The Balaban J connectivity index is 2.15. The van der Waals surface area contributed by atoms with Crippen molar-refractivity contribution in [1.29, 1.82) is 0 Å². The van der Waals surface area contributed by atoms with Crippen LogP contribution >= 0.6 is 11.6 Å². The number of amides is 1. The largest absolute Gasteiger partial charge is 0.487 e. The summed E-state index contributed by atoms with van der Waals surface area (Å²) in [4.78, 5) is 25.2. The SMILES string of the molecule is CCC(C)(C)c1ccc(OC2CC(C(=O)O)N(C(=O)OC(C)(C)C)C2)c(Cl)c1. The molecular formula is C21H30ClNO5. The Bertz CT molecular complexity index is 741. The lowest BCUT2D eigenvalue weighted by atomic mass is 9.82. The zero-order valence-electron chi connectivity index (χ0n) is 17.4. The Kier molecular flexibility index (Phi) is 6.54. The molecule has 0 aromatic heterocycles. The van der Waals surface area contributed by atoms with Gasteiger partial charge in [-0.3, -0.25) is 4.90 Å². The van der Waals surface area contributed by atoms with Gasteiger partial charge in [0.15, 0.2) is 0 Å². The van der Waals surface area contributed by atoms with Crippen LogP contribution in [0.1, 0.15) is 59.9 Å². The van der Waals surface area contributed by atoms with Crippen molar-refractivity contribution in [3.05, 3.63) is 28.8 Å². The molecule has 0 bridgehead atoms. The van der Waals surface area contributed by atoms with Gasteiger partial charge < -0.3 is 14.6 Å². The van der Waals surface area contributed by atoms with E-state index in [-0.39, 0.29) is 18.4 Å². The van der Waals surface area contributed by atoms with Crippen LogP contribution in [0.15, 0.2) is 18.2 Å². The third-order valence-electron chi connectivity index (χ3n) is 5.07. The van der Waals surface area contributed by atoms with Crippen LogP contribution in [0.25, 0.3) is 0 Å². The summed E-state index contributed by atoms with van der Waals surface area (Å²) < 4.78 is 11.3. The minimum Gasteiger partial charge on any atom is -0.487 e. The fraction of sp³-hybridized carbons (Fsp3) is 0.619. The van der Waals surface area contributed by atoms with E-state index in [0.29, 0.717) is 10.8 Å². The summed E-state index contributed by atoms with van der Waals surface area (Å²) in [5.74, 6) is -0.597. The lowest BCUT2D eigenvalue weighted by molar-refractivity contribution is -0.142. The zero-order valence-corrected chi connectivity index (χ0v) is 18.2. The number of carbonyl (C=O) groups is 2. The van der Waals surface area contributed by atoms with Gasteiger partial charge in [0.2, 0.25) is 0 Å². The monoisotopic (exact) mass is 411 g/mol. The fourth-order valence-corrected chi connectivity index (χ4v) is 3.27. The number of benzene rings is 1. The highest BCUT2D eigenvalue weighted by atomic mass is 35.5. The van der Waals surface area contributed by atoms with E-state index in [0.717, 1.165) is 12.0 Å². The highest BCUT2D eigenvalue weighted by Crippen LogP contribution is 2.35. The summed E-state index contributed by atoms with van der Waals surface area (Å²) in [6.07, 6.45) is 0.0121. The van der Waals surface area contributed by atoms with E-state index < -0.39 is 29.8 Å². The van der Waals surface area contributed by atoms with Gasteiger partial charge in [-0.05, 0) is 50.3 Å². The molecule has 2 atom stereocenters. The number of nitrogens with zero attached hydrogens (tertiary/aromatic N) is 1. The summed E-state index contributed by atoms with van der Waals surface area (Å²) in [5, 5.41) is 9.97. The van der Waals surface area contributed by atoms with Crippen LogP contribution in [0.3, 0.4) is 0 Å². The molecule has 0 aliphatic carbocycles. The van der Waals surface area contributed by atoms with Crippen LogP contribution in [-0.2, 0) is 14.9 Å². The van der Waals surface area contributed by atoms with E-state index in [1.54, 1.807) is 26.8 Å². The normalized spacial score (nSPS) is 20.2. The van der Waals surface area contributed by atoms with Crippen molar-refractivity contribution in [3.8, 4) is 5.75 Å². The van der Waals surface area contributed by atoms with Crippen LogP contribution in [0.2, 0.25) is 5.02 Å². The van der Waals surface area contributed by atoms with E-state index in [9.17, 15) is 14.7 Å². The first-order chi connectivity index (χ1) is 12.8. The predicted octanol–water partition coefficient (Wildman–Crippen LogP) is 4.87. The van der Waals surface area contributed by atoms with Gasteiger partial charge in [0.1, 0.15) is 23.5 Å². The maximum atomic E-state index is 12.4. The summed E-state index contributed by atoms with van der Waals surface area (Å²) in [5.41, 5.74) is 0.402. The molecule has 1 amide bonds. The molecule has 0 spiro atoms. The van der Waals surface area contributed by atoms with E-state index in [4.69, 9.17) is 21.1 Å². The summed E-state index contributed by atoms with van der Waals surface area (Å²) >= 11 is 6.41. The number of carboxylic acids is 1. The summed E-state index contributed by atoms with van der Waals surface area (Å²) in [6, 6.07) is 4.67. The van der Waals surface area contributed by atoms with E-state index >= 15 is 0 Å². The minimum absolute atomic E-state index is 0.00254. The number of aliphatic carboxylic acids is 1. The first kappa shape index (κ1) is 22.3. The Labute approximate surface area is 171 Å². The third-order valence-corrected chi connectivity index (χ3v) is 5.36. The van der Waals surface area contributed by atoms with Crippen molar-refractivity contribution in [1.82, 2.24) is 4.90 Å². The molecule has 2 rings (SSSR count). The molecule has 0 radical (unpaired) electrons. The molecule has 1 aromatic rings. The second-order valence-electron chi connectivity index (χ2n) is 8.84. The molecule has 6 nitrogen and oxygen atoms in total. The molecule has 1 saturated heterocycles. The lowest BCUT2D eigenvalue weighted by Crippen LogP contribution is -2.43. The highest BCUT2D eigenvalue weighted by molar-refractivity contribution is 6.32. The number of hydrogen-bond donors (Lipinski definition) is 1. The summed E-state index contributed by atoms with van der Waals surface area (Å²) in [7, 11) is 0. The second kappa shape index (κ2) is 8.19.